The van der Waals surface area contributed by atoms with Gasteiger partial charge in [-0.2, -0.15) is 8.42 Å². The predicted molar refractivity (Wildman–Crippen MR) is 36.2 cm³/mol. The number of rotatable bonds is 0. The van der Waals surface area contributed by atoms with Crippen LogP contribution in [0.4, 0.5) is 0 Å². The Bertz CT molecular complexity index is 162. The quantitative estimate of drug-likeness (QED) is 0.312. The molecule has 0 amide bonds. The van der Waals surface area contributed by atoms with Gasteiger partial charge in [0.05, 0.1) is 0 Å². The predicted octanol–water partition coefficient (Wildman–Crippen LogP) is -1.81. The molecule has 0 unspecified atom stereocenters. The van der Waals surface area contributed by atoms with E-state index in [0.29, 0.717) is 0 Å². The van der Waals surface area contributed by atoms with Gasteiger partial charge in [-0.15, -0.1) is 0 Å². The molecule has 0 saturated carbocycles. The van der Waals surface area contributed by atoms with Gasteiger partial charge >= 0.3 is 61.7 Å². The maximum absolute atomic E-state index is 9.00. The summed E-state index contributed by atoms with van der Waals surface area (Å²) in [6.07, 6.45) is 0. The van der Waals surface area contributed by atoms with E-state index in [0.717, 1.165) is 6.92 Å². The van der Waals surface area contributed by atoms with Crippen molar-refractivity contribution in [1.29, 1.82) is 0 Å². The molecular formula is C2H8KNO5S. The molecule has 0 aromatic rings. The zero-order valence-corrected chi connectivity index (χ0v) is 5.42. The first-order valence-corrected chi connectivity index (χ1v) is 3.18. The molecule has 0 heterocycles. The fraction of sp³-hybridized carbons (Fsp3) is 0.500. The van der Waals surface area contributed by atoms with Gasteiger partial charge in [-0.05, 0) is 0 Å². The van der Waals surface area contributed by atoms with E-state index in [-0.39, 0.29) is 51.4 Å². The number of carbonyl (C=O) groups is 1. The molecule has 0 spiro atoms. The number of carboxylic acids is 1. The SMILES string of the molecule is CC(=O)O.NS(=O)(=O)O.[KH]. The third-order valence-corrected chi connectivity index (χ3v) is 0. The summed E-state index contributed by atoms with van der Waals surface area (Å²) in [5.74, 6) is -0.833. The first-order valence-electron chi connectivity index (χ1n) is 1.68. The van der Waals surface area contributed by atoms with Gasteiger partial charge in [-0.25, -0.2) is 5.14 Å². The van der Waals surface area contributed by atoms with Crippen molar-refractivity contribution in [1.82, 2.24) is 0 Å². The molecule has 0 rings (SSSR count). The number of carboxylic acid groups (broad SMARTS) is 1. The van der Waals surface area contributed by atoms with Crippen molar-refractivity contribution >= 4 is 67.7 Å². The van der Waals surface area contributed by atoms with Gasteiger partial charge in [0.2, 0.25) is 0 Å². The summed E-state index contributed by atoms with van der Waals surface area (Å²) in [7, 11) is -4.17. The first kappa shape index (κ1) is 17.2. The molecular weight excluding hydrogens is 189 g/mol. The van der Waals surface area contributed by atoms with E-state index >= 15 is 0 Å². The van der Waals surface area contributed by atoms with Crippen LogP contribution in [0.15, 0.2) is 0 Å². The van der Waals surface area contributed by atoms with Crippen LogP contribution in [0.2, 0.25) is 0 Å². The van der Waals surface area contributed by atoms with Gasteiger partial charge in [-0.3, -0.25) is 9.35 Å². The summed E-state index contributed by atoms with van der Waals surface area (Å²) in [5.41, 5.74) is 0. The molecule has 0 aliphatic rings. The average Bonchev–Trinajstić information content (AvgIpc) is 1.19. The summed E-state index contributed by atoms with van der Waals surface area (Å²) in [4.78, 5) is 9.00. The molecule has 0 aliphatic heterocycles. The fourth-order valence-electron chi connectivity index (χ4n) is 0. The molecule has 4 N–H and O–H groups in total. The Balaban J connectivity index is -0.0000000910. The molecule has 0 radical (unpaired) electrons. The number of hydrogen-bond acceptors (Lipinski definition) is 3. The summed E-state index contributed by atoms with van der Waals surface area (Å²) in [5, 5.41) is 11.3. The molecule has 8 heteroatoms. The summed E-state index contributed by atoms with van der Waals surface area (Å²) in [6.45, 7) is 1.08. The second-order valence-corrected chi connectivity index (χ2v) is 2.06. The van der Waals surface area contributed by atoms with E-state index in [4.69, 9.17) is 22.9 Å². The number of nitrogens with two attached hydrogens (primary N) is 1. The van der Waals surface area contributed by atoms with E-state index in [9.17, 15) is 0 Å². The van der Waals surface area contributed by atoms with Crippen molar-refractivity contribution < 1.29 is 22.9 Å². The first-order chi connectivity index (χ1) is 3.73. The van der Waals surface area contributed by atoms with Crippen molar-refractivity contribution in [2.24, 2.45) is 5.14 Å². The van der Waals surface area contributed by atoms with Crippen molar-refractivity contribution in [3.05, 3.63) is 0 Å². The average molecular weight is 197 g/mol. The molecule has 0 bridgehead atoms. The molecule has 0 aliphatic carbocycles. The van der Waals surface area contributed by atoms with Crippen LogP contribution in [0.1, 0.15) is 6.92 Å². The molecule has 0 fully saturated rings. The van der Waals surface area contributed by atoms with Gasteiger partial charge < -0.3 is 5.11 Å². The van der Waals surface area contributed by atoms with Gasteiger partial charge in [0.1, 0.15) is 0 Å². The van der Waals surface area contributed by atoms with Crippen LogP contribution in [0.3, 0.4) is 0 Å². The van der Waals surface area contributed by atoms with E-state index in [2.05, 4.69) is 5.14 Å². The van der Waals surface area contributed by atoms with E-state index in [1.165, 1.54) is 0 Å². The van der Waals surface area contributed by atoms with Crippen LogP contribution in [-0.4, -0.2) is 75.4 Å². The van der Waals surface area contributed by atoms with Crippen molar-refractivity contribution in [2.75, 3.05) is 0 Å². The molecule has 0 saturated heterocycles. The molecule has 6 nitrogen and oxygen atoms in total. The molecule has 58 valence electrons. The molecule has 0 atom stereocenters. The van der Waals surface area contributed by atoms with Crippen molar-refractivity contribution in [3.63, 3.8) is 0 Å². The van der Waals surface area contributed by atoms with Crippen LogP contribution >= 0.6 is 0 Å². The summed E-state index contributed by atoms with van der Waals surface area (Å²) in [6, 6.07) is 0. The van der Waals surface area contributed by atoms with Crippen LogP contribution in [0.5, 0.6) is 0 Å². The third-order valence-electron chi connectivity index (χ3n) is 0. The van der Waals surface area contributed by atoms with Gasteiger partial charge in [0.15, 0.2) is 0 Å². The number of aliphatic carboxylic acids is 1. The Hall–Kier alpha value is 0.976. The minimum atomic E-state index is -4.17. The van der Waals surface area contributed by atoms with Crippen LogP contribution in [-0.2, 0) is 15.1 Å². The van der Waals surface area contributed by atoms with Crippen LogP contribution in [0.25, 0.3) is 0 Å². The van der Waals surface area contributed by atoms with Gasteiger partial charge in [0, 0.05) is 6.92 Å². The molecule has 10 heavy (non-hydrogen) atoms. The van der Waals surface area contributed by atoms with Crippen LogP contribution < -0.4 is 5.14 Å². The van der Waals surface area contributed by atoms with E-state index in [1.807, 2.05) is 0 Å². The van der Waals surface area contributed by atoms with Crippen LogP contribution in [0, 0.1) is 0 Å². The Morgan fingerprint density at radius 2 is 1.50 bits per heavy atom. The Labute approximate surface area is 101 Å². The zero-order valence-electron chi connectivity index (χ0n) is 4.60. The molecule has 0 aromatic carbocycles. The van der Waals surface area contributed by atoms with Gasteiger partial charge in [0.25, 0.3) is 5.97 Å². The minimum absolute atomic E-state index is 0. The third kappa shape index (κ3) is 599. The Morgan fingerprint density at radius 1 is 1.50 bits per heavy atom. The zero-order chi connectivity index (χ0) is 8.08. The normalized spacial score (nSPS) is 8.30. The molecule has 0 aromatic heterocycles. The Morgan fingerprint density at radius 3 is 1.50 bits per heavy atom. The topological polar surface area (TPSA) is 118 Å². The Kier molecular flexibility index (Phi) is 13.9. The van der Waals surface area contributed by atoms with E-state index in [1.54, 1.807) is 0 Å². The summed E-state index contributed by atoms with van der Waals surface area (Å²) >= 11 is 0. The van der Waals surface area contributed by atoms with Crippen molar-refractivity contribution in [2.45, 2.75) is 6.92 Å². The monoisotopic (exact) mass is 197 g/mol. The van der Waals surface area contributed by atoms with E-state index < -0.39 is 16.3 Å². The second kappa shape index (κ2) is 8.08. The maximum atomic E-state index is 9.00. The summed E-state index contributed by atoms with van der Waals surface area (Å²) < 4.78 is 25.2. The standard InChI is InChI=1S/C2H4O2.K.H3NO3S.H/c1-2(3)4;;1-5(2,3)4;/h1H3,(H,3,4);;(H3,1,2,3,4);. The van der Waals surface area contributed by atoms with Crippen molar-refractivity contribution in [3.8, 4) is 0 Å². The second-order valence-electron chi connectivity index (χ2n) is 1.03. The fourth-order valence-corrected chi connectivity index (χ4v) is 0. The number of hydrogen-bond donors (Lipinski definition) is 3. The van der Waals surface area contributed by atoms with Gasteiger partial charge in [-0.1, -0.05) is 0 Å².